The van der Waals surface area contributed by atoms with Crippen LogP contribution in [0.5, 0.6) is 0 Å². The molecule has 0 radical (unpaired) electrons. The zero-order valence-electron chi connectivity index (χ0n) is 16.3. The molecule has 0 saturated heterocycles. The van der Waals surface area contributed by atoms with Crippen LogP contribution in [0.2, 0.25) is 0 Å². The van der Waals surface area contributed by atoms with Gasteiger partial charge in [-0.15, -0.1) is 0 Å². The average Bonchev–Trinajstić information content (AvgIpc) is 3.19. The lowest BCUT2D eigenvalue weighted by atomic mass is 10.0. The van der Waals surface area contributed by atoms with Crippen molar-refractivity contribution in [2.24, 2.45) is 0 Å². The second-order valence-electron chi connectivity index (χ2n) is 6.45. The monoisotopic (exact) mass is 404 g/mol. The summed E-state index contributed by atoms with van der Waals surface area (Å²) in [7, 11) is 2.38. The van der Waals surface area contributed by atoms with Gasteiger partial charge in [0.05, 0.1) is 19.9 Å². The van der Waals surface area contributed by atoms with E-state index >= 15 is 4.39 Å². The van der Waals surface area contributed by atoms with Gasteiger partial charge in [-0.05, 0) is 23.6 Å². The minimum Gasteiger partial charge on any atom is -0.465 e. The van der Waals surface area contributed by atoms with Crippen LogP contribution in [0.4, 0.5) is 4.39 Å². The Morgan fingerprint density at radius 3 is 2.23 bits per heavy atom. The zero-order chi connectivity index (χ0) is 21.3. The van der Waals surface area contributed by atoms with Gasteiger partial charge in [0.1, 0.15) is 17.1 Å². The van der Waals surface area contributed by atoms with E-state index in [4.69, 9.17) is 9.47 Å². The van der Waals surface area contributed by atoms with E-state index in [2.05, 4.69) is 5.10 Å². The Morgan fingerprint density at radius 2 is 1.53 bits per heavy atom. The molecule has 0 N–H and O–H groups in total. The van der Waals surface area contributed by atoms with Crippen LogP contribution in [0.15, 0.2) is 66.7 Å². The van der Waals surface area contributed by atoms with Gasteiger partial charge in [0.25, 0.3) is 0 Å². The lowest BCUT2D eigenvalue weighted by Gasteiger charge is -2.07. The highest BCUT2D eigenvalue weighted by Crippen LogP contribution is 2.33. The summed E-state index contributed by atoms with van der Waals surface area (Å²) in [4.78, 5) is 25.3. The van der Waals surface area contributed by atoms with Gasteiger partial charge in [-0.1, -0.05) is 48.5 Å². The summed E-state index contributed by atoms with van der Waals surface area (Å²) in [6.07, 6.45) is 0. The van der Waals surface area contributed by atoms with Crippen LogP contribution in [0.3, 0.4) is 0 Å². The minimum atomic E-state index is -0.819. The van der Waals surface area contributed by atoms with Gasteiger partial charge in [0.15, 0.2) is 5.69 Å². The lowest BCUT2D eigenvalue weighted by Crippen LogP contribution is -2.15. The molecule has 0 aliphatic heterocycles. The third-order valence-electron chi connectivity index (χ3n) is 4.77. The van der Waals surface area contributed by atoms with Gasteiger partial charge in [-0.3, -0.25) is 0 Å². The molecule has 4 aromatic rings. The number of benzene rings is 3. The third-order valence-corrected chi connectivity index (χ3v) is 4.77. The fourth-order valence-corrected chi connectivity index (χ4v) is 3.36. The van der Waals surface area contributed by atoms with Crippen LogP contribution in [-0.2, 0) is 9.47 Å². The van der Waals surface area contributed by atoms with Crippen molar-refractivity contribution >= 4 is 22.7 Å². The number of esters is 2. The summed E-state index contributed by atoms with van der Waals surface area (Å²) in [5, 5.41) is 5.51. The molecule has 0 saturated carbocycles. The minimum absolute atomic E-state index is 0.00523. The van der Waals surface area contributed by atoms with Crippen molar-refractivity contribution < 1.29 is 23.5 Å². The fraction of sp³-hybridized carbons (Fsp3) is 0.0870. The van der Waals surface area contributed by atoms with E-state index in [1.807, 2.05) is 0 Å². The highest BCUT2D eigenvalue weighted by atomic mass is 19.1. The smallest absolute Gasteiger partial charge is 0.357 e. The van der Waals surface area contributed by atoms with Gasteiger partial charge in [0, 0.05) is 10.9 Å². The number of carbonyl (C=O) groups excluding carboxylic acids is 2. The Labute approximate surface area is 171 Å². The second-order valence-corrected chi connectivity index (χ2v) is 6.45. The molecule has 0 unspecified atom stereocenters. The molecule has 0 fully saturated rings. The van der Waals surface area contributed by atoms with Crippen LogP contribution in [0.1, 0.15) is 20.8 Å². The van der Waals surface area contributed by atoms with Crippen molar-refractivity contribution in [1.29, 1.82) is 0 Å². The number of halogens is 1. The van der Waals surface area contributed by atoms with Gasteiger partial charge >= 0.3 is 11.9 Å². The topological polar surface area (TPSA) is 70.4 Å². The molecule has 4 rings (SSSR count). The van der Waals surface area contributed by atoms with Crippen LogP contribution in [-0.4, -0.2) is 35.9 Å². The fourth-order valence-electron chi connectivity index (χ4n) is 3.36. The first-order valence-corrected chi connectivity index (χ1v) is 9.09. The molecular formula is C23H17FN2O4. The number of rotatable bonds is 4. The lowest BCUT2D eigenvalue weighted by molar-refractivity contribution is 0.0549. The SMILES string of the molecule is COC(=O)c1c(-c2ccc3ccccc3c2F)nn(-c2ccccc2)c1C(=O)OC. The quantitative estimate of drug-likeness (QED) is 0.472. The first kappa shape index (κ1) is 19.3. The molecule has 0 amide bonds. The van der Waals surface area contributed by atoms with E-state index < -0.39 is 17.8 Å². The molecule has 0 spiro atoms. The molecule has 0 aliphatic rings. The largest absolute Gasteiger partial charge is 0.465 e. The highest BCUT2D eigenvalue weighted by molar-refractivity contribution is 6.07. The molecule has 3 aromatic carbocycles. The molecular weight excluding hydrogens is 387 g/mol. The van der Waals surface area contributed by atoms with Crippen molar-refractivity contribution in [3.05, 3.63) is 83.8 Å². The Bertz CT molecular complexity index is 1270. The first-order valence-electron chi connectivity index (χ1n) is 9.09. The summed E-state index contributed by atoms with van der Waals surface area (Å²) in [6.45, 7) is 0. The van der Waals surface area contributed by atoms with Crippen molar-refractivity contribution in [2.75, 3.05) is 14.2 Å². The number of hydrogen-bond donors (Lipinski definition) is 0. The number of carbonyl (C=O) groups is 2. The van der Waals surface area contributed by atoms with E-state index in [-0.39, 0.29) is 22.5 Å². The predicted molar refractivity (Wildman–Crippen MR) is 109 cm³/mol. The van der Waals surface area contributed by atoms with Gasteiger partial charge in [0.2, 0.25) is 0 Å². The normalized spacial score (nSPS) is 10.8. The maximum absolute atomic E-state index is 15.4. The molecule has 7 heteroatoms. The maximum atomic E-state index is 15.4. The second kappa shape index (κ2) is 7.79. The third kappa shape index (κ3) is 3.10. The van der Waals surface area contributed by atoms with Gasteiger partial charge in [-0.25, -0.2) is 18.7 Å². The Balaban J connectivity index is 2.08. The summed E-state index contributed by atoms with van der Waals surface area (Å²) in [5.41, 5.74) is 0.277. The van der Waals surface area contributed by atoms with E-state index in [1.54, 1.807) is 60.7 Å². The van der Waals surface area contributed by atoms with Crippen LogP contribution in [0.25, 0.3) is 27.7 Å². The predicted octanol–water partition coefficient (Wildman–Crippen LogP) is 4.40. The molecule has 0 atom stereocenters. The van der Waals surface area contributed by atoms with E-state index in [0.717, 1.165) is 0 Å². The summed E-state index contributed by atoms with van der Waals surface area (Å²) in [5.74, 6) is -2.16. The number of methoxy groups -OCH3 is 2. The highest BCUT2D eigenvalue weighted by Gasteiger charge is 2.32. The molecule has 1 heterocycles. The number of nitrogens with zero attached hydrogens (tertiary/aromatic N) is 2. The van der Waals surface area contributed by atoms with Gasteiger partial charge in [-0.2, -0.15) is 5.10 Å². The molecule has 0 aliphatic carbocycles. The standard InChI is InChI=1S/C23H17FN2O4/c1-29-22(27)18-20(17-13-12-14-8-6-7-11-16(14)19(17)24)25-26(21(18)23(28)30-2)15-9-4-3-5-10-15/h3-13H,1-2H3. The van der Waals surface area contributed by atoms with E-state index in [0.29, 0.717) is 16.5 Å². The van der Waals surface area contributed by atoms with Gasteiger partial charge < -0.3 is 9.47 Å². The maximum Gasteiger partial charge on any atom is 0.357 e. The average molecular weight is 404 g/mol. The van der Waals surface area contributed by atoms with Crippen LogP contribution < -0.4 is 0 Å². The Hall–Kier alpha value is -4.00. The summed E-state index contributed by atoms with van der Waals surface area (Å²) >= 11 is 0. The number of fused-ring (bicyclic) bond motifs is 1. The van der Waals surface area contributed by atoms with E-state index in [1.165, 1.54) is 25.0 Å². The molecule has 150 valence electrons. The first-order chi connectivity index (χ1) is 14.6. The van der Waals surface area contributed by atoms with Crippen molar-refractivity contribution in [3.8, 4) is 16.9 Å². The number of hydrogen-bond acceptors (Lipinski definition) is 5. The summed E-state index contributed by atoms with van der Waals surface area (Å²) in [6, 6.07) is 18.9. The zero-order valence-corrected chi connectivity index (χ0v) is 16.3. The molecule has 6 nitrogen and oxygen atoms in total. The number of para-hydroxylation sites is 1. The summed E-state index contributed by atoms with van der Waals surface area (Å²) < 4.78 is 26.4. The van der Waals surface area contributed by atoms with Crippen LogP contribution in [0, 0.1) is 5.82 Å². The van der Waals surface area contributed by atoms with E-state index in [9.17, 15) is 9.59 Å². The Kier molecular flexibility index (Phi) is 5.02. The van der Waals surface area contributed by atoms with Crippen molar-refractivity contribution in [3.63, 3.8) is 0 Å². The molecule has 0 bridgehead atoms. The molecule has 30 heavy (non-hydrogen) atoms. The van der Waals surface area contributed by atoms with Crippen molar-refractivity contribution in [2.45, 2.75) is 0 Å². The van der Waals surface area contributed by atoms with Crippen LogP contribution >= 0.6 is 0 Å². The Morgan fingerprint density at radius 1 is 0.867 bits per heavy atom. The number of ether oxygens (including phenoxy) is 2. The van der Waals surface area contributed by atoms with Crippen molar-refractivity contribution in [1.82, 2.24) is 9.78 Å². The number of aromatic nitrogens is 2. The molecule has 1 aromatic heterocycles.